The quantitative estimate of drug-likeness (QED) is 0.716. The highest BCUT2D eigenvalue weighted by Crippen LogP contribution is 2.26. The first-order valence-electron chi connectivity index (χ1n) is 10.5. The molecule has 1 fully saturated rings. The van der Waals surface area contributed by atoms with Crippen LogP contribution in [0.15, 0.2) is 48.8 Å². The van der Waals surface area contributed by atoms with Crippen molar-refractivity contribution >= 4 is 17.5 Å². The molecule has 2 aromatic rings. The van der Waals surface area contributed by atoms with Gasteiger partial charge in [0.15, 0.2) is 0 Å². The number of benzene rings is 1. The van der Waals surface area contributed by atoms with Gasteiger partial charge in [0.25, 0.3) is 5.91 Å². The van der Waals surface area contributed by atoms with Crippen molar-refractivity contribution in [2.45, 2.75) is 45.1 Å². The van der Waals surface area contributed by atoms with E-state index in [-0.39, 0.29) is 17.7 Å². The minimum absolute atomic E-state index is 0.134. The Morgan fingerprint density at radius 3 is 2.69 bits per heavy atom. The lowest BCUT2D eigenvalue weighted by molar-refractivity contribution is -0.137. The number of hydrogen-bond acceptors (Lipinski definition) is 4. The van der Waals surface area contributed by atoms with Crippen LogP contribution in [0, 0.1) is 5.92 Å². The third-order valence-electron chi connectivity index (χ3n) is 5.38. The Labute approximate surface area is 172 Å². The molecule has 3 N–H and O–H groups in total. The summed E-state index contributed by atoms with van der Waals surface area (Å²) >= 11 is 0. The Balaban J connectivity index is 1.68. The van der Waals surface area contributed by atoms with Gasteiger partial charge in [-0.2, -0.15) is 0 Å². The minimum atomic E-state index is -0.200. The first-order chi connectivity index (χ1) is 14.2. The van der Waals surface area contributed by atoms with Gasteiger partial charge in [0.1, 0.15) is 0 Å². The maximum Gasteiger partial charge on any atom is 0.257 e. The highest BCUT2D eigenvalue weighted by molar-refractivity contribution is 6.04. The molecular formula is C23H30N4O2. The summed E-state index contributed by atoms with van der Waals surface area (Å²) in [5.74, 6) is 0.173. The minimum Gasteiger partial charge on any atom is -0.338 e. The number of carbonyl (C=O) groups excluding carboxylic acids is 2. The zero-order valence-corrected chi connectivity index (χ0v) is 16.8. The van der Waals surface area contributed by atoms with Gasteiger partial charge in [0.2, 0.25) is 5.91 Å². The third-order valence-corrected chi connectivity index (χ3v) is 5.38. The number of nitrogens with one attached hydrogen (secondary N) is 1. The molecule has 0 bridgehead atoms. The number of amides is 2. The Kier molecular flexibility index (Phi) is 7.76. The summed E-state index contributed by atoms with van der Waals surface area (Å²) in [5.41, 5.74) is 7.91. The van der Waals surface area contributed by atoms with Gasteiger partial charge in [-0.25, -0.2) is 0 Å². The van der Waals surface area contributed by atoms with Crippen molar-refractivity contribution in [3.63, 3.8) is 0 Å². The van der Waals surface area contributed by atoms with Crippen molar-refractivity contribution < 1.29 is 9.59 Å². The molecule has 6 nitrogen and oxygen atoms in total. The average molecular weight is 395 g/mol. The van der Waals surface area contributed by atoms with Crippen LogP contribution >= 0.6 is 0 Å². The Bertz CT molecular complexity index is 804. The van der Waals surface area contributed by atoms with E-state index in [1.165, 1.54) is 12.6 Å². The van der Waals surface area contributed by atoms with E-state index in [0.717, 1.165) is 37.7 Å². The van der Waals surface area contributed by atoms with Crippen molar-refractivity contribution in [1.82, 2.24) is 9.88 Å². The third kappa shape index (κ3) is 6.12. The molecule has 0 unspecified atom stereocenters. The van der Waals surface area contributed by atoms with Crippen LogP contribution in [0.25, 0.3) is 0 Å². The SMILES string of the molecule is NCCCN(Cc1cccc(NC(=O)c2cccnc2)c1)C(=O)C1CCCCC1. The fourth-order valence-electron chi connectivity index (χ4n) is 3.83. The van der Waals surface area contributed by atoms with Crippen molar-refractivity contribution in [1.29, 1.82) is 0 Å². The topological polar surface area (TPSA) is 88.3 Å². The van der Waals surface area contributed by atoms with Crippen LogP contribution in [0.4, 0.5) is 5.69 Å². The largest absolute Gasteiger partial charge is 0.338 e. The van der Waals surface area contributed by atoms with Gasteiger partial charge in [0, 0.05) is 37.1 Å². The molecule has 0 spiro atoms. The second-order valence-corrected chi connectivity index (χ2v) is 7.63. The van der Waals surface area contributed by atoms with Crippen LogP contribution in [0.3, 0.4) is 0 Å². The van der Waals surface area contributed by atoms with E-state index >= 15 is 0 Å². The summed E-state index contributed by atoms with van der Waals surface area (Å²) < 4.78 is 0. The van der Waals surface area contributed by atoms with Crippen LogP contribution in [0.1, 0.15) is 54.4 Å². The van der Waals surface area contributed by atoms with Crippen molar-refractivity contribution in [2.24, 2.45) is 11.7 Å². The molecule has 154 valence electrons. The van der Waals surface area contributed by atoms with Gasteiger partial charge in [-0.1, -0.05) is 31.4 Å². The Morgan fingerprint density at radius 2 is 1.97 bits per heavy atom. The Hall–Kier alpha value is -2.73. The number of pyridine rings is 1. The van der Waals surface area contributed by atoms with Gasteiger partial charge in [-0.15, -0.1) is 0 Å². The molecule has 1 heterocycles. The fraction of sp³-hybridized carbons (Fsp3) is 0.435. The molecule has 6 heteroatoms. The van der Waals surface area contributed by atoms with E-state index in [0.29, 0.717) is 30.9 Å². The van der Waals surface area contributed by atoms with Gasteiger partial charge >= 0.3 is 0 Å². The molecule has 0 saturated heterocycles. The molecule has 0 radical (unpaired) electrons. The highest BCUT2D eigenvalue weighted by atomic mass is 16.2. The molecule has 29 heavy (non-hydrogen) atoms. The predicted octanol–water partition coefficient (Wildman–Crippen LogP) is 3.59. The van der Waals surface area contributed by atoms with Crippen molar-refractivity contribution in [3.8, 4) is 0 Å². The maximum atomic E-state index is 13.1. The first-order valence-corrected chi connectivity index (χ1v) is 10.5. The summed E-state index contributed by atoms with van der Waals surface area (Å²) in [4.78, 5) is 31.4. The molecule has 2 amide bonds. The first kappa shape index (κ1) is 21.0. The summed E-state index contributed by atoms with van der Waals surface area (Å²) in [6.07, 6.45) is 9.43. The standard InChI is InChI=1S/C23H30N4O2/c24-12-6-14-27(23(29)19-8-2-1-3-9-19)17-18-7-4-11-21(15-18)26-22(28)20-10-5-13-25-16-20/h4-5,7,10-11,13,15-16,19H,1-3,6,8-9,12,14,17,24H2,(H,26,28). The van der Waals surface area contributed by atoms with E-state index < -0.39 is 0 Å². The zero-order valence-electron chi connectivity index (χ0n) is 16.8. The number of aromatic nitrogens is 1. The molecule has 1 aliphatic carbocycles. The number of hydrogen-bond donors (Lipinski definition) is 2. The number of nitrogens with two attached hydrogens (primary N) is 1. The van der Waals surface area contributed by atoms with Crippen molar-refractivity contribution in [3.05, 3.63) is 59.9 Å². The van der Waals surface area contributed by atoms with Crippen LogP contribution in [0.5, 0.6) is 0 Å². The van der Waals surface area contributed by atoms with E-state index in [1.807, 2.05) is 29.2 Å². The van der Waals surface area contributed by atoms with E-state index in [1.54, 1.807) is 18.3 Å². The van der Waals surface area contributed by atoms with Crippen LogP contribution < -0.4 is 11.1 Å². The molecular weight excluding hydrogens is 364 g/mol. The van der Waals surface area contributed by atoms with Gasteiger partial charge < -0.3 is 16.0 Å². The molecule has 0 aliphatic heterocycles. The van der Waals surface area contributed by atoms with E-state index in [2.05, 4.69) is 10.3 Å². The molecule has 1 aliphatic rings. The summed E-state index contributed by atoms with van der Waals surface area (Å²) in [5, 5.41) is 2.91. The van der Waals surface area contributed by atoms with Crippen LogP contribution in [0.2, 0.25) is 0 Å². The second-order valence-electron chi connectivity index (χ2n) is 7.63. The van der Waals surface area contributed by atoms with Crippen molar-refractivity contribution in [2.75, 3.05) is 18.4 Å². The molecule has 1 aromatic carbocycles. The van der Waals surface area contributed by atoms with Gasteiger partial charge in [-0.3, -0.25) is 14.6 Å². The second kappa shape index (κ2) is 10.7. The summed E-state index contributed by atoms with van der Waals surface area (Å²) in [7, 11) is 0. The summed E-state index contributed by atoms with van der Waals surface area (Å²) in [6, 6.07) is 11.1. The average Bonchev–Trinajstić information content (AvgIpc) is 2.77. The van der Waals surface area contributed by atoms with E-state index in [9.17, 15) is 9.59 Å². The smallest absolute Gasteiger partial charge is 0.257 e. The van der Waals surface area contributed by atoms with E-state index in [4.69, 9.17) is 5.73 Å². The lowest BCUT2D eigenvalue weighted by Crippen LogP contribution is -2.37. The maximum absolute atomic E-state index is 13.1. The Morgan fingerprint density at radius 1 is 1.14 bits per heavy atom. The molecule has 3 rings (SSSR count). The monoisotopic (exact) mass is 394 g/mol. The van der Waals surface area contributed by atoms with Crippen LogP contribution in [-0.2, 0) is 11.3 Å². The van der Waals surface area contributed by atoms with Gasteiger partial charge in [-0.05, 0) is 55.6 Å². The molecule has 1 aromatic heterocycles. The normalized spacial score (nSPS) is 14.4. The fourth-order valence-corrected chi connectivity index (χ4v) is 3.83. The number of anilines is 1. The lowest BCUT2D eigenvalue weighted by Gasteiger charge is -2.29. The lowest BCUT2D eigenvalue weighted by atomic mass is 9.88. The molecule has 1 saturated carbocycles. The van der Waals surface area contributed by atoms with Gasteiger partial charge in [0.05, 0.1) is 5.56 Å². The highest BCUT2D eigenvalue weighted by Gasteiger charge is 2.25. The number of carbonyl (C=O) groups is 2. The van der Waals surface area contributed by atoms with Crippen LogP contribution in [-0.4, -0.2) is 34.8 Å². The zero-order chi connectivity index (χ0) is 20.5. The number of nitrogens with zero attached hydrogens (tertiary/aromatic N) is 2. The molecule has 0 atom stereocenters. The summed E-state index contributed by atoms with van der Waals surface area (Å²) in [6.45, 7) is 1.76. The number of rotatable bonds is 8. The predicted molar refractivity (Wildman–Crippen MR) is 114 cm³/mol.